The predicted octanol–water partition coefficient (Wildman–Crippen LogP) is 3.74. The van der Waals surface area contributed by atoms with Crippen molar-refractivity contribution in [2.24, 2.45) is 0 Å². The summed E-state index contributed by atoms with van der Waals surface area (Å²) in [6, 6.07) is 14.5. The van der Waals surface area contributed by atoms with Crippen molar-refractivity contribution < 1.29 is 18.8 Å². The van der Waals surface area contributed by atoms with E-state index in [1.807, 2.05) is 23.3 Å². The average molecular weight is 549 g/mol. The zero-order valence-corrected chi connectivity index (χ0v) is 22.7. The third kappa shape index (κ3) is 6.11. The van der Waals surface area contributed by atoms with Crippen LogP contribution in [0.1, 0.15) is 53.3 Å². The molecule has 0 bridgehead atoms. The highest BCUT2D eigenvalue weighted by Crippen LogP contribution is 2.31. The van der Waals surface area contributed by atoms with Gasteiger partial charge in [-0.2, -0.15) is 0 Å². The first kappa shape index (κ1) is 26.8. The maximum atomic E-state index is 12.9. The number of rotatable bonds is 8. The number of carbonyl (C=O) groups excluding carboxylic acids is 3. The lowest BCUT2D eigenvalue weighted by atomic mass is 9.86. The van der Waals surface area contributed by atoms with Crippen LogP contribution in [0.25, 0.3) is 11.0 Å². The maximum Gasteiger partial charge on any atom is 0.287 e. The van der Waals surface area contributed by atoms with Crippen LogP contribution >= 0.6 is 11.9 Å². The third-order valence-corrected chi connectivity index (χ3v) is 7.89. The Balaban J connectivity index is 1.16. The van der Waals surface area contributed by atoms with Crippen LogP contribution in [0.3, 0.4) is 0 Å². The summed E-state index contributed by atoms with van der Waals surface area (Å²) in [7, 11) is 0. The van der Waals surface area contributed by atoms with E-state index in [1.165, 1.54) is 23.1 Å². The largest absolute Gasteiger partial charge is 0.451 e. The van der Waals surface area contributed by atoms with Crippen molar-refractivity contribution in [1.82, 2.24) is 15.1 Å². The van der Waals surface area contributed by atoms with Gasteiger partial charge < -0.3 is 24.3 Å². The van der Waals surface area contributed by atoms with E-state index >= 15 is 0 Å². The van der Waals surface area contributed by atoms with Gasteiger partial charge in [0, 0.05) is 50.6 Å². The minimum Gasteiger partial charge on any atom is -0.451 e. The van der Waals surface area contributed by atoms with Gasteiger partial charge in [0.05, 0.1) is 11.9 Å². The molecule has 1 aromatic heterocycles. The molecular formula is C29H32N4O5S. The molecule has 2 saturated heterocycles. The molecule has 39 heavy (non-hydrogen) atoms. The molecular weight excluding hydrogens is 516 g/mol. The minimum absolute atomic E-state index is 0.127. The van der Waals surface area contributed by atoms with Crippen LogP contribution in [-0.2, 0) is 16.1 Å². The maximum absolute atomic E-state index is 12.9. The Labute approximate surface area is 231 Å². The number of likely N-dealkylation sites (tertiary alicyclic amines) is 2. The molecule has 3 aromatic rings. The van der Waals surface area contributed by atoms with Crippen LogP contribution in [0.5, 0.6) is 0 Å². The first-order chi connectivity index (χ1) is 18.9. The van der Waals surface area contributed by atoms with E-state index in [0.717, 1.165) is 37.6 Å². The van der Waals surface area contributed by atoms with Crippen LogP contribution in [0.15, 0.2) is 57.7 Å². The predicted molar refractivity (Wildman–Crippen MR) is 152 cm³/mol. The van der Waals surface area contributed by atoms with Gasteiger partial charge in [-0.05, 0) is 54.5 Å². The molecule has 2 N–H and O–H groups in total. The van der Waals surface area contributed by atoms with Crippen molar-refractivity contribution in [3.63, 3.8) is 0 Å². The SMILES string of the molecule is CSNc1ccc2oc(C(=O)NCC(=O)N3CCC(c4ccccc4CN4CCCC4=O)CC3)cc(=O)c2c1. The molecule has 3 heterocycles. The third-order valence-electron chi connectivity index (χ3n) is 7.45. The molecule has 2 fully saturated rings. The number of hydrogen-bond acceptors (Lipinski definition) is 7. The van der Waals surface area contributed by atoms with Gasteiger partial charge in [0.2, 0.25) is 11.8 Å². The quantitative estimate of drug-likeness (QED) is 0.413. The van der Waals surface area contributed by atoms with E-state index in [1.54, 1.807) is 23.1 Å². The number of nitrogens with one attached hydrogen (secondary N) is 2. The molecule has 0 aliphatic carbocycles. The van der Waals surface area contributed by atoms with Crippen molar-refractivity contribution in [1.29, 1.82) is 0 Å². The first-order valence-electron chi connectivity index (χ1n) is 13.2. The summed E-state index contributed by atoms with van der Waals surface area (Å²) in [6.45, 7) is 2.46. The van der Waals surface area contributed by atoms with Crippen LogP contribution in [0.4, 0.5) is 5.69 Å². The molecule has 0 atom stereocenters. The van der Waals surface area contributed by atoms with Gasteiger partial charge in [0.25, 0.3) is 5.91 Å². The second-order valence-electron chi connectivity index (χ2n) is 9.95. The summed E-state index contributed by atoms with van der Waals surface area (Å²) < 4.78 is 8.71. The number of piperidine rings is 1. The number of anilines is 1. The Morgan fingerprint density at radius 2 is 1.85 bits per heavy atom. The fourth-order valence-corrected chi connectivity index (χ4v) is 5.76. The van der Waals surface area contributed by atoms with E-state index in [2.05, 4.69) is 22.2 Å². The molecule has 3 amide bonds. The Bertz CT molecular complexity index is 1450. The van der Waals surface area contributed by atoms with Crippen molar-refractivity contribution in [3.05, 3.63) is 75.6 Å². The molecule has 0 saturated carbocycles. The second-order valence-corrected chi connectivity index (χ2v) is 10.6. The molecule has 5 rings (SSSR count). The fraction of sp³-hybridized carbons (Fsp3) is 0.379. The summed E-state index contributed by atoms with van der Waals surface area (Å²) in [5, 5.41) is 2.97. The summed E-state index contributed by atoms with van der Waals surface area (Å²) >= 11 is 1.41. The van der Waals surface area contributed by atoms with Gasteiger partial charge in [-0.3, -0.25) is 19.2 Å². The summed E-state index contributed by atoms with van der Waals surface area (Å²) in [4.78, 5) is 53.9. The molecule has 9 nitrogen and oxygen atoms in total. The van der Waals surface area contributed by atoms with Crippen molar-refractivity contribution in [3.8, 4) is 0 Å². The molecule has 204 valence electrons. The Hall–Kier alpha value is -3.79. The summed E-state index contributed by atoms with van der Waals surface area (Å²) in [5.74, 6) is -0.371. The highest BCUT2D eigenvalue weighted by molar-refractivity contribution is 7.99. The molecule has 2 aliphatic rings. The number of benzene rings is 2. The summed E-state index contributed by atoms with van der Waals surface area (Å²) in [5.41, 5.74) is 3.17. The number of nitrogens with zero attached hydrogens (tertiary/aromatic N) is 2. The van der Waals surface area contributed by atoms with Crippen LogP contribution < -0.4 is 15.5 Å². The average Bonchev–Trinajstić information content (AvgIpc) is 3.36. The zero-order chi connectivity index (χ0) is 27.4. The van der Waals surface area contributed by atoms with E-state index < -0.39 is 5.91 Å². The number of carbonyl (C=O) groups is 3. The topological polar surface area (TPSA) is 112 Å². The number of fused-ring (bicyclic) bond motifs is 1. The highest BCUT2D eigenvalue weighted by Gasteiger charge is 2.27. The van der Waals surface area contributed by atoms with Gasteiger partial charge in [-0.1, -0.05) is 36.2 Å². The van der Waals surface area contributed by atoms with Gasteiger partial charge in [-0.25, -0.2) is 0 Å². The Kier molecular flexibility index (Phi) is 8.21. The lowest BCUT2D eigenvalue weighted by Gasteiger charge is -2.33. The minimum atomic E-state index is -0.603. The molecule has 0 radical (unpaired) electrons. The highest BCUT2D eigenvalue weighted by atomic mass is 32.2. The second kappa shape index (κ2) is 11.9. The van der Waals surface area contributed by atoms with Crippen LogP contribution in [0, 0.1) is 0 Å². The van der Waals surface area contributed by atoms with Crippen molar-refractivity contribution >= 4 is 46.3 Å². The van der Waals surface area contributed by atoms with E-state index in [-0.39, 0.29) is 29.5 Å². The lowest BCUT2D eigenvalue weighted by molar-refractivity contribution is -0.131. The van der Waals surface area contributed by atoms with Gasteiger partial charge >= 0.3 is 0 Å². The molecule has 2 aromatic carbocycles. The van der Waals surface area contributed by atoms with E-state index in [4.69, 9.17) is 4.42 Å². The number of amides is 3. The fourth-order valence-electron chi connectivity index (χ4n) is 5.40. The standard InChI is InChI=1S/C29H32N4O5S/c1-39-31-21-8-9-25-23(15-21)24(34)16-26(38-25)29(37)30-17-28(36)32-13-10-19(11-14-32)22-6-3-2-5-20(22)18-33-12-4-7-27(33)35/h2-3,5-6,8-9,15-16,19,31H,4,7,10-14,17-18H2,1H3,(H,30,37). The first-order valence-corrected chi connectivity index (χ1v) is 14.4. The normalized spacial score (nSPS) is 16.1. The van der Waals surface area contributed by atoms with Crippen molar-refractivity contribution in [2.75, 3.05) is 37.2 Å². The van der Waals surface area contributed by atoms with Crippen molar-refractivity contribution in [2.45, 2.75) is 38.1 Å². The van der Waals surface area contributed by atoms with E-state index in [9.17, 15) is 19.2 Å². The molecule has 2 aliphatic heterocycles. The van der Waals surface area contributed by atoms with Gasteiger partial charge in [0.15, 0.2) is 11.2 Å². The van der Waals surface area contributed by atoms with E-state index in [0.29, 0.717) is 42.9 Å². The monoisotopic (exact) mass is 548 g/mol. The van der Waals surface area contributed by atoms with Crippen LogP contribution in [0.2, 0.25) is 0 Å². The number of hydrogen-bond donors (Lipinski definition) is 2. The smallest absolute Gasteiger partial charge is 0.287 e. The lowest BCUT2D eigenvalue weighted by Crippen LogP contribution is -2.44. The molecule has 10 heteroatoms. The van der Waals surface area contributed by atoms with Crippen LogP contribution in [-0.4, -0.2) is 60.0 Å². The Morgan fingerprint density at radius 3 is 2.59 bits per heavy atom. The van der Waals surface area contributed by atoms with Gasteiger partial charge in [-0.15, -0.1) is 0 Å². The molecule has 0 unspecified atom stereocenters. The molecule has 0 spiro atoms. The zero-order valence-electron chi connectivity index (χ0n) is 21.9. The Morgan fingerprint density at radius 1 is 1.05 bits per heavy atom. The van der Waals surface area contributed by atoms with Gasteiger partial charge in [0.1, 0.15) is 5.58 Å². The summed E-state index contributed by atoms with van der Waals surface area (Å²) in [6.07, 6.45) is 5.06.